The Hall–Kier alpha value is -1.53. The first kappa shape index (κ1) is 9.04. The summed E-state index contributed by atoms with van der Waals surface area (Å²) in [6, 6.07) is 8.09. The zero-order valence-electron chi connectivity index (χ0n) is 7.90. The molecule has 3 heteroatoms. The van der Waals surface area contributed by atoms with Gasteiger partial charge in [0.05, 0.1) is 16.8 Å². The second kappa shape index (κ2) is 3.69. The van der Waals surface area contributed by atoms with Crippen LogP contribution in [0.25, 0.3) is 10.2 Å². The highest BCUT2D eigenvalue weighted by molar-refractivity contribution is 7.22. The van der Waals surface area contributed by atoms with Crippen LogP contribution in [0, 0.1) is 12.3 Å². The Kier molecular flexibility index (Phi) is 2.38. The summed E-state index contributed by atoms with van der Waals surface area (Å²) < 4.78 is 1.20. The molecule has 0 radical (unpaired) electrons. The summed E-state index contributed by atoms with van der Waals surface area (Å²) in [4.78, 5) is 6.46. The molecule has 2 aromatic rings. The summed E-state index contributed by atoms with van der Waals surface area (Å²) in [7, 11) is 1.96. The van der Waals surface area contributed by atoms with Gasteiger partial charge < -0.3 is 4.90 Å². The molecule has 0 unspecified atom stereocenters. The number of terminal acetylenes is 1. The van der Waals surface area contributed by atoms with Crippen molar-refractivity contribution in [3.05, 3.63) is 24.3 Å². The van der Waals surface area contributed by atoms with Crippen molar-refractivity contribution < 1.29 is 0 Å². The van der Waals surface area contributed by atoms with Gasteiger partial charge in [-0.1, -0.05) is 29.4 Å². The SMILES string of the molecule is C#CCN(C)c1nc2ccccc2s1. The molecule has 1 aromatic carbocycles. The molecule has 0 saturated heterocycles. The Labute approximate surface area is 87.2 Å². The van der Waals surface area contributed by atoms with E-state index >= 15 is 0 Å². The van der Waals surface area contributed by atoms with Crippen LogP contribution in [0.3, 0.4) is 0 Å². The molecular weight excluding hydrogens is 192 g/mol. The minimum absolute atomic E-state index is 0.597. The molecule has 1 heterocycles. The lowest BCUT2D eigenvalue weighted by atomic mass is 10.3. The van der Waals surface area contributed by atoms with Gasteiger partial charge in [0.15, 0.2) is 5.13 Å². The van der Waals surface area contributed by atoms with Crippen LogP contribution in [-0.2, 0) is 0 Å². The average molecular weight is 202 g/mol. The van der Waals surface area contributed by atoms with E-state index in [9.17, 15) is 0 Å². The van der Waals surface area contributed by atoms with Crippen molar-refractivity contribution in [1.82, 2.24) is 4.98 Å². The van der Waals surface area contributed by atoms with Gasteiger partial charge in [0.2, 0.25) is 0 Å². The van der Waals surface area contributed by atoms with Gasteiger partial charge in [0.25, 0.3) is 0 Å². The molecule has 0 fully saturated rings. The van der Waals surface area contributed by atoms with Crippen molar-refractivity contribution in [1.29, 1.82) is 0 Å². The fourth-order valence-corrected chi connectivity index (χ4v) is 2.15. The number of nitrogens with zero attached hydrogens (tertiary/aromatic N) is 2. The second-order valence-corrected chi connectivity index (χ2v) is 4.03. The first-order valence-corrected chi connectivity index (χ1v) is 5.13. The molecule has 2 nitrogen and oxygen atoms in total. The lowest BCUT2D eigenvalue weighted by Crippen LogP contribution is -2.16. The van der Waals surface area contributed by atoms with Crippen molar-refractivity contribution in [3.63, 3.8) is 0 Å². The van der Waals surface area contributed by atoms with E-state index < -0.39 is 0 Å². The molecule has 1 aromatic heterocycles. The van der Waals surface area contributed by atoms with Crippen LogP contribution >= 0.6 is 11.3 Å². The highest BCUT2D eigenvalue weighted by atomic mass is 32.1. The molecule has 0 aliphatic rings. The quantitative estimate of drug-likeness (QED) is 0.695. The number of thiazole rings is 1. The van der Waals surface area contributed by atoms with E-state index in [1.165, 1.54) is 4.70 Å². The molecule has 0 saturated carbocycles. The number of hydrogen-bond acceptors (Lipinski definition) is 3. The molecule has 70 valence electrons. The third-order valence-electron chi connectivity index (χ3n) is 1.94. The smallest absolute Gasteiger partial charge is 0.186 e. The van der Waals surface area contributed by atoms with Gasteiger partial charge in [-0.3, -0.25) is 0 Å². The van der Waals surface area contributed by atoms with E-state index in [-0.39, 0.29) is 0 Å². The largest absolute Gasteiger partial charge is 0.340 e. The highest BCUT2D eigenvalue weighted by Gasteiger charge is 2.05. The van der Waals surface area contributed by atoms with Crippen LogP contribution in [0.15, 0.2) is 24.3 Å². The van der Waals surface area contributed by atoms with Crippen LogP contribution in [-0.4, -0.2) is 18.6 Å². The number of anilines is 1. The van der Waals surface area contributed by atoms with Crippen molar-refractivity contribution >= 4 is 26.7 Å². The maximum absolute atomic E-state index is 5.25. The Morgan fingerprint density at radius 2 is 2.29 bits per heavy atom. The number of fused-ring (bicyclic) bond motifs is 1. The topological polar surface area (TPSA) is 16.1 Å². The third kappa shape index (κ3) is 1.57. The van der Waals surface area contributed by atoms with E-state index in [2.05, 4.69) is 17.0 Å². The zero-order valence-corrected chi connectivity index (χ0v) is 8.71. The predicted molar refractivity (Wildman–Crippen MR) is 61.7 cm³/mol. The highest BCUT2D eigenvalue weighted by Crippen LogP contribution is 2.27. The first-order chi connectivity index (χ1) is 6.81. The van der Waals surface area contributed by atoms with Crippen LogP contribution in [0.1, 0.15) is 0 Å². The van der Waals surface area contributed by atoms with E-state index in [0.29, 0.717) is 6.54 Å². The van der Waals surface area contributed by atoms with E-state index in [1.54, 1.807) is 11.3 Å². The van der Waals surface area contributed by atoms with Gasteiger partial charge in [-0.25, -0.2) is 4.98 Å². The van der Waals surface area contributed by atoms with Crippen molar-refractivity contribution in [2.24, 2.45) is 0 Å². The zero-order chi connectivity index (χ0) is 9.97. The second-order valence-electron chi connectivity index (χ2n) is 3.02. The summed E-state index contributed by atoms with van der Waals surface area (Å²) in [6.07, 6.45) is 5.25. The molecular formula is C11H10N2S. The van der Waals surface area contributed by atoms with Gasteiger partial charge in [0, 0.05) is 7.05 Å². The van der Waals surface area contributed by atoms with Gasteiger partial charge >= 0.3 is 0 Å². The predicted octanol–water partition coefficient (Wildman–Crippen LogP) is 2.37. The fraction of sp³-hybridized carbons (Fsp3) is 0.182. The van der Waals surface area contributed by atoms with Crippen LogP contribution < -0.4 is 4.90 Å². The van der Waals surface area contributed by atoms with E-state index in [4.69, 9.17) is 6.42 Å². The molecule has 0 amide bonds. The lowest BCUT2D eigenvalue weighted by molar-refractivity contribution is 1.04. The van der Waals surface area contributed by atoms with Gasteiger partial charge in [-0.05, 0) is 12.1 Å². The number of para-hydroxylation sites is 1. The summed E-state index contributed by atoms with van der Waals surface area (Å²) in [5.74, 6) is 2.60. The van der Waals surface area contributed by atoms with Crippen molar-refractivity contribution in [2.45, 2.75) is 0 Å². The van der Waals surface area contributed by atoms with Crippen molar-refractivity contribution in [3.8, 4) is 12.3 Å². The summed E-state index contributed by atoms with van der Waals surface area (Å²) >= 11 is 1.66. The summed E-state index contributed by atoms with van der Waals surface area (Å²) in [5.41, 5.74) is 1.04. The Bertz CT molecular complexity index is 448. The molecule has 0 bridgehead atoms. The normalized spacial score (nSPS) is 10.0. The number of aromatic nitrogens is 1. The monoisotopic (exact) mass is 202 g/mol. The molecule has 0 spiro atoms. The van der Waals surface area contributed by atoms with E-state index in [1.807, 2.05) is 30.1 Å². The average Bonchev–Trinajstić information content (AvgIpc) is 2.61. The number of benzene rings is 1. The van der Waals surface area contributed by atoms with Gasteiger partial charge in [-0.15, -0.1) is 6.42 Å². The van der Waals surface area contributed by atoms with Gasteiger partial charge in [0.1, 0.15) is 0 Å². The van der Waals surface area contributed by atoms with Crippen molar-refractivity contribution in [2.75, 3.05) is 18.5 Å². The molecule has 14 heavy (non-hydrogen) atoms. The molecule has 2 rings (SSSR count). The minimum Gasteiger partial charge on any atom is -0.340 e. The number of rotatable bonds is 2. The fourth-order valence-electron chi connectivity index (χ4n) is 1.23. The lowest BCUT2D eigenvalue weighted by Gasteiger charge is -2.10. The third-order valence-corrected chi connectivity index (χ3v) is 3.09. The maximum atomic E-state index is 5.25. The molecule has 0 aliphatic carbocycles. The summed E-state index contributed by atoms with van der Waals surface area (Å²) in [5, 5.41) is 0.976. The van der Waals surface area contributed by atoms with Crippen LogP contribution in [0.4, 0.5) is 5.13 Å². The molecule has 0 aliphatic heterocycles. The number of hydrogen-bond donors (Lipinski definition) is 0. The Balaban J connectivity index is 2.41. The van der Waals surface area contributed by atoms with Crippen LogP contribution in [0.5, 0.6) is 0 Å². The van der Waals surface area contributed by atoms with Gasteiger partial charge in [-0.2, -0.15) is 0 Å². The minimum atomic E-state index is 0.597. The Morgan fingerprint density at radius 3 is 3.00 bits per heavy atom. The standard InChI is InChI=1S/C11H10N2S/c1-3-8-13(2)11-12-9-6-4-5-7-10(9)14-11/h1,4-7H,8H2,2H3. The maximum Gasteiger partial charge on any atom is 0.186 e. The van der Waals surface area contributed by atoms with Crippen LogP contribution in [0.2, 0.25) is 0 Å². The molecule has 0 N–H and O–H groups in total. The Morgan fingerprint density at radius 1 is 1.50 bits per heavy atom. The first-order valence-electron chi connectivity index (χ1n) is 4.31. The van der Waals surface area contributed by atoms with E-state index in [0.717, 1.165) is 10.6 Å². The summed E-state index contributed by atoms with van der Waals surface area (Å²) in [6.45, 7) is 0.597. The molecule has 0 atom stereocenters.